The van der Waals surface area contributed by atoms with Gasteiger partial charge in [0.2, 0.25) is 11.9 Å². The van der Waals surface area contributed by atoms with E-state index in [1.807, 2.05) is 35.8 Å². The van der Waals surface area contributed by atoms with Gasteiger partial charge < -0.3 is 15.0 Å². The molecule has 1 fully saturated rings. The molecule has 2 aromatic rings. The lowest BCUT2D eigenvalue weighted by Gasteiger charge is -2.27. The van der Waals surface area contributed by atoms with Gasteiger partial charge in [-0.2, -0.15) is 0 Å². The monoisotopic (exact) mass is 409 g/mol. The highest BCUT2D eigenvalue weighted by molar-refractivity contribution is 7.99. The van der Waals surface area contributed by atoms with Crippen LogP contribution in [0.2, 0.25) is 5.02 Å². The second kappa shape index (κ2) is 9.43. The third-order valence-electron chi connectivity index (χ3n) is 4.37. The fourth-order valence-corrected chi connectivity index (χ4v) is 3.94. The second-order valence-electron chi connectivity index (χ2n) is 6.26. The SMILES string of the molecule is CCn1c(SCC(=O)N[C@@H](C)c2cccc(Cl)c2)nnc1N1CCOCC1. The molecule has 0 radical (unpaired) electrons. The highest BCUT2D eigenvalue weighted by Gasteiger charge is 2.20. The number of aromatic nitrogens is 3. The van der Waals surface area contributed by atoms with E-state index in [2.05, 4.69) is 27.3 Å². The van der Waals surface area contributed by atoms with Gasteiger partial charge in [0.05, 0.1) is 25.0 Å². The largest absolute Gasteiger partial charge is 0.378 e. The Bertz CT molecular complexity index is 779. The summed E-state index contributed by atoms with van der Waals surface area (Å²) in [6.07, 6.45) is 0. The highest BCUT2D eigenvalue weighted by Crippen LogP contribution is 2.23. The molecular formula is C18H24ClN5O2S. The Labute approximate surface area is 168 Å². The Morgan fingerprint density at radius 3 is 2.85 bits per heavy atom. The first kappa shape index (κ1) is 20.0. The number of rotatable bonds is 7. The summed E-state index contributed by atoms with van der Waals surface area (Å²) in [7, 11) is 0. The number of morpholine rings is 1. The van der Waals surface area contributed by atoms with Gasteiger partial charge in [0.15, 0.2) is 5.16 Å². The zero-order valence-electron chi connectivity index (χ0n) is 15.5. The maximum Gasteiger partial charge on any atom is 0.230 e. The number of thioether (sulfide) groups is 1. The number of hydrogen-bond donors (Lipinski definition) is 1. The maximum atomic E-state index is 12.3. The summed E-state index contributed by atoms with van der Waals surface area (Å²) in [6.45, 7) is 7.76. The smallest absolute Gasteiger partial charge is 0.230 e. The average molecular weight is 410 g/mol. The lowest BCUT2D eigenvalue weighted by molar-refractivity contribution is -0.119. The summed E-state index contributed by atoms with van der Waals surface area (Å²) >= 11 is 7.42. The average Bonchev–Trinajstić information content (AvgIpc) is 3.10. The van der Waals surface area contributed by atoms with E-state index in [1.165, 1.54) is 11.8 Å². The van der Waals surface area contributed by atoms with Crippen LogP contribution in [-0.4, -0.2) is 52.7 Å². The van der Waals surface area contributed by atoms with Crippen molar-refractivity contribution in [3.8, 4) is 0 Å². The van der Waals surface area contributed by atoms with E-state index in [-0.39, 0.29) is 17.7 Å². The van der Waals surface area contributed by atoms with Gasteiger partial charge in [0, 0.05) is 24.7 Å². The fraction of sp³-hybridized carbons (Fsp3) is 0.500. The number of nitrogens with zero attached hydrogens (tertiary/aromatic N) is 4. The lowest BCUT2D eigenvalue weighted by atomic mass is 10.1. The van der Waals surface area contributed by atoms with E-state index < -0.39 is 0 Å². The van der Waals surface area contributed by atoms with Gasteiger partial charge in [-0.05, 0) is 31.5 Å². The number of halogens is 1. The zero-order valence-corrected chi connectivity index (χ0v) is 17.1. The van der Waals surface area contributed by atoms with Crippen LogP contribution < -0.4 is 10.2 Å². The lowest BCUT2D eigenvalue weighted by Crippen LogP contribution is -2.38. The van der Waals surface area contributed by atoms with Gasteiger partial charge in [-0.3, -0.25) is 9.36 Å². The van der Waals surface area contributed by atoms with Crippen molar-refractivity contribution in [3.63, 3.8) is 0 Å². The van der Waals surface area contributed by atoms with Gasteiger partial charge >= 0.3 is 0 Å². The number of carbonyl (C=O) groups is 1. The summed E-state index contributed by atoms with van der Waals surface area (Å²) in [5, 5.41) is 13.0. The van der Waals surface area contributed by atoms with Crippen LogP contribution in [0, 0.1) is 0 Å². The van der Waals surface area contributed by atoms with Crippen LogP contribution in [0.5, 0.6) is 0 Å². The molecule has 7 nitrogen and oxygen atoms in total. The van der Waals surface area contributed by atoms with Crippen molar-refractivity contribution < 1.29 is 9.53 Å². The summed E-state index contributed by atoms with van der Waals surface area (Å²) in [5.74, 6) is 1.08. The summed E-state index contributed by atoms with van der Waals surface area (Å²) in [6, 6.07) is 7.41. The minimum atomic E-state index is -0.107. The molecule has 0 bridgehead atoms. The van der Waals surface area contributed by atoms with Crippen LogP contribution in [0.15, 0.2) is 29.4 Å². The molecular weight excluding hydrogens is 386 g/mol. The normalized spacial score (nSPS) is 15.6. The molecule has 1 aromatic carbocycles. The number of hydrogen-bond acceptors (Lipinski definition) is 6. The molecule has 0 aliphatic carbocycles. The van der Waals surface area contributed by atoms with Crippen LogP contribution in [0.25, 0.3) is 0 Å². The highest BCUT2D eigenvalue weighted by atomic mass is 35.5. The van der Waals surface area contributed by atoms with Gasteiger partial charge in [0.1, 0.15) is 0 Å². The first-order valence-electron chi connectivity index (χ1n) is 9.02. The number of anilines is 1. The minimum Gasteiger partial charge on any atom is -0.378 e. The van der Waals surface area contributed by atoms with Gasteiger partial charge in [-0.1, -0.05) is 35.5 Å². The molecule has 1 N–H and O–H groups in total. The maximum absolute atomic E-state index is 12.3. The Kier molecular flexibility index (Phi) is 6.98. The molecule has 0 spiro atoms. The van der Waals surface area contributed by atoms with E-state index in [1.54, 1.807) is 0 Å². The molecule has 0 unspecified atom stereocenters. The molecule has 9 heteroatoms. The zero-order chi connectivity index (χ0) is 19.2. The van der Waals surface area contributed by atoms with Crippen molar-refractivity contribution in [3.05, 3.63) is 34.9 Å². The molecule has 2 heterocycles. The Morgan fingerprint density at radius 1 is 1.37 bits per heavy atom. The number of ether oxygens (including phenoxy) is 1. The fourth-order valence-electron chi connectivity index (χ4n) is 2.93. The van der Waals surface area contributed by atoms with Crippen molar-refractivity contribution in [1.29, 1.82) is 0 Å². The van der Waals surface area contributed by atoms with Crippen molar-refractivity contribution >= 4 is 35.2 Å². The summed E-state index contributed by atoms with van der Waals surface area (Å²) < 4.78 is 7.44. The van der Waals surface area contributed by atoms with Gasteiger partial charge in [0.25, 0.3) is 0 Å². The first-order chi connectivity index (χ1) is 13.1. The second-order valence-corrected chi connectivity index (χ2v) is 7.64. The predicted molar refractivity (Wildman–Crippen MR) is 107 cm³/mol. The number of carbonyl (C=O) groups excluding carboxylic acids is 1. The molecule has 0 saturated carbocycles. The molecule has 1 aromatic heterocycles. The van der Waals surface area contributed by atoms with E-state index in [9.17, 15) is 4.79 Å². The third-order valence-corrected chi connectivity index (χ3v) is 5.57. The number of amides is 1. The molecule has 1 atom stereocenters. The van der Waals surface area contributed by atoms with E-state index in [4.69, 9.17) is 16.3 Å². The first-order valence-corrected chi connectivity index (χ1v) is 10.4. The topological polar surface area (TPSA) is 72.3 Å². The summed E-state index contributed by atoms with van der Waals surface area (Å²) in [4.78, 5) is 14.5. The molecule has 1 amide bonds. The predicted octanol–water partition coefficient (Wildman–Crippen LogP) is 2.76. The van der Waals surface area contributed by atoms with Gasteiger partial charge in [-0.25, -0.2) is 0 Å². The van der Waals surface area contributed by atoms with E-state index in [0.29, 0.717) is 18.2 Å². The van der Waals surface area contributed by atoms with Crippen molar-refractivity contribution in [1.82, 2.24) is 20.1 Å². The van der Waals surface area contributed by atoms with Crippen LogP contribution in [0.3, 0.4) is 0 Å². The van der Waals surface area contributed by atoms with Crippen LogP contribution in [0.1, 0.15) is 25.5 Å². The van der Waals surface area contributed by atoms with Crippen LogP contribution in [-0.2, 0) is 16.1 Å². The van der Waals surface area contributed by atoms with Crippen molar-refractivity contribution in [2.24, 2.45) is 0 Å². The molecule has 1 saturated heterocycles. The third kappa shape index (κ3) is 5.15. The van der Waals surface area contributed by atoms with Crippen LogP contribution >= 0.6 is 23.4 Å². The Hall–Kier alpha value is -1.77. The minimum absolute atomic E-state index is 0.0500. The number of nitrogens with one attached hydrogen (secondary N) is 1. The molecule has 146 valence electrons. The number of benzene rings is 1. The molecule has 1 aliphatic rings. The van der Waals surface area contributed by atoms with E-state index >= 15 is 0 Å². The van der Waals surface area contributed by atoms with Gasteiger partial charge in [-0.15, -0.1) is 10.2 Å². The van der Waals surface area contributed by atoms with E-state index in [0.717, 1.165) is 36.3 Å². The summed E-state index contributed by atoms with van der Waals surface area (Å²) in [5.41, 5.74) is 0.979. The quantitative estimate of drug-likeness (QED) is 0.709. The standard InChI is InChI=1S/C18H24ClN5O2S/c1-3-24-17(23-7-9-26-10-8-23)21-22-18(24)27-12-16(25)20-13(2)14-5-4-6-15(19)11-14/h4-6,11,13H,3,7-10,12H2,1-2H3,(H,20,25)/t13-/m0/s1. The van der Waals surface area contributed by atoms with Crippen LogP contribution in [0.4, 0.5) is 5.95 Å². The molecule has 27 heavy (non-hydrogen) atoms. The van der Waals surface area contributed by atoms with Crippen molar-refractivity contribution in [2.45, 2.75) is 31.6 Å². The molecule has 1 aliphatic heterocycles. The Morgan fingerprint density at radius 2 is 2.15 bits per heavy atom. The molecule has 3 rings (SSSR count). The van der Waals surface area contributed by atoms with Crippen molar-refractivity contribution in [2.75, 3.05) is 37.0 Å². The Balaban J connectivity index is 1.57.